The normalized spacial score (nSPS) is 22.6. The Labute approximate surface area is 94.4 Å². The fourth-order valence-electron chi connectivity index (χ4n) is 1.61. The Hall–Kier alpha value is -2.38. The number of nitrogens with one attached hydrogen (secondary N) is 3. The number of hydrogen-bond donors (Lipinski definition) is 4. The predicted octanol–water partition coefficient (Wildman–Crippen LogP) is -1.10. The van der Waals surface area contributed by atoms with Crippen LogP contribution in [0.15, 0.2) is 21.7 Å². The molecular formula is C9H10N4O4. The van der Waals surface area contributed by atoms with Crippen molar-refractivity contribution in [3.63, 3.8) is 0 Å². The van der Waals surface area contributed by atoms with E-state index in [2.05, 4.69) is 15.5 Å². The van der Waals surface area contributed by atoms with E-state index in [1.165, 1.54) is 0 Å². The quantitative estimate of drug-likeness (QED) is 0.495. The lowest BCUT2D eigenvalue weighted by atomic mass is 10.1. The van der Waals surface area contributed by atoms with E-state index in [1.54, 1.807) is 12.2 Å². The van der Waals surface area contributed by atoms with E-state index < -0.39 is 23.1 Å². The zero-order valence-electron chi connectivity index (χ0n) is 8.64. The summed E-state index contributed by atoms with van der Waals surface area (Å²) in [5.74, 6) is -1.51. The molecule has 1 aromatic heterocycles. The highest BCUT2D eigenvalue weighted by atomic mass is 16.4. The lowest BCUT2D eigenvalue weighted by Crippen LogP contribution is -2.30. The minimum Gasteiger partial charge on any atom is -0.481 e. The number of carbonyl (C=O) groups is 1. The summed E-state index contributed by atoms with van der Waals surface area (Å²) in [6.07, 6.45) is 3.56. The van der Waals surface area contributed by atoms with E-state index in [9.17, 15) is 14.4 Å². The molecule has 4 N–H and O–H groups in total. The van der Waals surface area contributed by atoms with Gasteiger partial charge >= 0.3 is 11.7 Å². The third-order valence-electron chi connectivity index (χ3n) is 2.43. The Morgan fingerprint density at radius 1 is 1.47 bits per heavy atom. The molecule has 0 amide bonds. The molecule has 0 radical (unpaired) electrons. The van der Waals surface area contributed by atoms with Crippen molar-refractivity contribution >= 4 is 11.8 Å². The first-order valence-electron chi connectivity index (χ1n) is 4.93. The minimum absolute atomic E-state index is 0.0368. The summed E-state index contributed by atoms with van der Waals surface area (Å²) in [6, 6.07) is -0.282. The number of rotatable bonds is 3. The van der Waals surface area contributed by atoms with Crippen LogP contribution in [0, 0.1) is 5.92 Å². The second-order valence-electron chi connectivity index (χ2n) is 3.67. The minimum atomic E-state index is -0.908. The number of carboxylic acid groups (broad SMARTS) is 1. The van der Waals surface area contributed by atoms with E-state index in [-0.39, 0.29) is 11.9 Å². The average Bonchev–Trinajstić information content (AvgIpc) is 2.71. The van der Waals surface area contributed by atoms with Gasteiger partial charge in [-0.2, -0.15) is 0 Å². The molecule has 2 rings (SSSR count). The van der Waals surface area contributed by atoms with Crippen LogP contribution in [0.1, 0.15) is 6.42 Å². The van der Waals surface area contributed by atoms with Crippen LogP contribution in [0.25, 0.3) is 0 Å². The highest BCUT2D eigenvalue weighted by Gasteiger charge is 2.24. The summed E-state index contributed by atoms with van der Waals surface area (Å²) in [6.45, 7) is 0. The van der Waals surface area contributed by atoms with Crippen LogP contribution in [0.4, 0.5) is 5.82 Å². The van der Waals surface area contributed by atoms with Gasteiger partial charge in [-0.3, -0.25) is 14.6 Å². The standard InChI is InChI=1S/C9H10N4O4/c14-7-6(12-13-9(17)11-7)10-5-2-1-4(3-5)8(15)16/h1-2,4-5H,3H2,(H,10,12)(H,15,16)(H2,11,13,14,17). The molecule has 2 unspecified atom stereocenters. The first kappa shape index (κ1) is 11.1. The second-order valence-corrected chi connectivity index (χ2v) is 3.67. The van der Waals surface area contributed by atoms with Gasteiger partial charge in [-0.25, -0.2) is 9.89 Å². The molecule has 0 aliphatic heterocycles. The smallest absolute Gasteiger partial charge is 0.342 e. The summed E-state index contributed by atoms with van der Waals surface area (Å²) < 4.78 is 0. The van der Waals surface area contributed by atoms with Gasteiger partial charge in [-0.1, -0.05) is 12.2 Å². The van der Waals surface area contributed by atoms with Crippen LogP contribution in [0.3, 0.4) is 0 Å². The van der Waals surface area contributed by atoms with Gasteiger partial charge in [0.25, 0.3) is 5.56 Å². The fraction of sp³-hybridized carbons (Fsp3) is 0.333. The number of anilines is 1. The van der Waals surface area contributed by atoms with E-state index in [1.807, 2.05) is 4.98 Å². The zero-order chi connectivity index (χ0) is 12.4. The van der Waals surface area contributed by atoms with Gasteiger partial charge in [0.15, 0.2) is 0 Å². The molecule has 1 heterocycles. The highest BCUT2D eigenvalue weighted by Crippen LogP contribution is 2.19. The summed E-state index contributed by atoms with van der Waals surface area (Å²) >= 11 is 0. The van der Waals surface area contributed by atoms with E-state index in [4.69, 9.17) is 5.11 Å². The predicted molar refractivity (Wildman–Crippen MR) is 57.8 cm³/mol. The number of aliphatic carboxylic acids is 1. The molecule has 1 aliphatic carbocycles. The number of carboxylic acids is 1. The summed E-state index contributed by atoms with van der Waals surface area (Å²) in [7, 11) is 0. The lowest BCUT2D eigenvalue weighted by Gasteiger charge is -2.10. The van der Waals surface area contributed by atoms with Gasteiger partial charge in [0, 0.05) is 6.04 Å². The maximum atomic E-state index is 11.3. The van der Waals surface area contributed by atoms with E-state index in [0.717, 1.165) is 0 Å². The largest absolute Gasteiger partial charge is 0.481 e. The third kappa shape index (κ3) is 2.41. The zero-order valence-corrected chi connectivity index (χ0v) is 8.64. The Balaban J connectivity index is 2.09. The van der Waals surface area contributed by atoms with Crippen LogP contribution < -0.4 is 16.6 Å². The SMILES string of the molecule is O=C(O)C1C=CC(Nc2n[nH]c(=O)[nH]c2=O)C1. The van der Waals surface area contributed by atoms with Crippen molar-refractivity contribution < 1.29 is 9.90 Å². The monoisotopic (exact) mass is 238 g/mol. The molecule has 90 valence electrons. The van der Waals surface area contributed by atoms with Crippen molar-refractivity contribution in [2.45, 2.75) is 12.5 Å². The van der Waals surface area contributed by atoms with Crippen molar-refractivity contribution in [3.8, 4) is 0 Å². The van der Waals surface area contributed by atoms with E-state index in [0.29, 0.717) is 6.42 Å². The molecule has 0 spiro atoms. The molecule has 1 aliphatic rings. The molecule has 8 heteroatoms. The molecule has 0 saturated carbocycles. The topological polar surface area (TPSA) is 128 Å². The highest BCUT2D eigenvalue weighted by molar-refractivity contribution is 5.73. The van der Waals surface area contributed by atoms with Crippen molar-refractivity contribution in [3.05, 3.63) is 33.0 Å². The second kappa shape index (κ2) is 4.24. The molecule has 0 fully saturated rings. The Kier molecular flexibility index (Phi) is 2.77. The van der Waals surface area contributed by atoms with Crippen LogP contribution in [0.2, 0.25) is 0 Å². The fourth-order valence-corrected chi connectivity index (χ4v) is 1.61. The van der Waals surface area contributed by atoms with Gasteiger partial charge in [-0.15, -0.1) is 5.10 Å². The Morgan fingerprint density at radius 2 is 2.24 bits per heavy atom. The number of nitrogens with zero attached hydrogens (tertiary/aromatic N) is 1. The molecule has 2 atom stereocenters. The van der Waals surface area contributed by atoms with Crippen molar-refractivity contribution in [1.29, 1.82) is 0 Å². The average molecular weight is 238 g/mol. The molecular weight excluding hydrogens is 228 g/mol. The first-order chi connectivity index (χ1) is 8.06. The third-order valence-corrected chi connectivity index (χ3v) is 2.43. The Bertz CT molecular complexity index is 573. The van der Waals surface area contributed by atoms with Crippen LogP contribution in [-0.4, -0.2) is 32.3 Å². The summed E-state index contributed by atoms with van der Waals surface area (Å²) in [5.41, 5.74) is -1.33. The van der Waals surface area contributed by atoms with Crippen LogP contribution >= 0.6 is 0 Å². The van der Waals surface area contributed by atoms with Crippen molar-refractivity contribution in [2.24, 2.45) is 5.92 Å². The van der Waals surface area contributed by atoms with Crippen LogP contribution in [-0.2, 0) is 4.79 Å². The van der Waals surface area contributed by atoms with Gasteiger partial charge in [0.1, 0.15) is 0 Å². The number of aromatic nitrogens is 3. The van der Waals surface area contributed by atoms with Gasteiger partial charge in [-0.05, 0) is 6.42 Å². The number of aromatic amines is 2. The molecule has 0 aromatic carbocycles. The van der Waals surface area contributed by atoms with Gasteiger partial charge < -0.3 is 10.4 Å². The van der Waals surface area contributed by atoms with Gasteiger partial charge in [0.2, 0.25) is 5.82 Å². The summed E-state index contributed by atoms with van der Waals surface area (Å²) in [5, 5.41) is 17.1. The van der Waals surface area contributed by atoms with Gasteiger partial charge in [0.05, 0.1) is 5.92 Å². The van der Waals surface area contributed by atoms with E-state index >= 15 is 0 Å². The lowest BCUT2D eigenvalue weighted by molar-refractivity contribution is -0.140. The maximum Gasteiger partial charge on any atom is 0.342 e. The molecule has 0 bridgehead atoms. The first-order valence-corrected chi connectivity index (χ1v) is 4.93. The van der Waals surface area contributed by atoms with Crippen LogP contribution in [0.5, 0.6) is 0 Å². The molecule has 0 saturated heterocycles. The summed E-state index contributed by atoms with van der Waals surface area (Å²) in [4.78, 5) is 34.7. The maximum absolute atomic E-state index is 11.3. The molecule has 8 nitrogen and oxygen atoms in total. The number of H-pyrrole nitrogens is 2. The number of hydrogen-bond acceptors (Lipinski definition) is 5. The van der Waals surface area contributed by atoms with Crippen molar-refractivity contribution in [2.75, 3.05) is 5.32 Å². The Morgan fingerprint density at radius 3 is 2.82 bits per heavy atom. The molecule has 17 heavy (non-hydrogen) atoms. The van der Waals surface area contributed by atoms with Crippen molar-refractivity contribution in [1.82, 2.24) is 15.2 Å². The molecule has 1 aromatic rings.